The lowest BCUT2D eigenvalue weighted by atomic mass is 10.1. The highest BCUT2D eigenvalue weighted by molar-refractivity contribution is 7.21. The molecule has 0 saturated heterocycles. The van der Waals surface area contributed by atoms with E-state index in [-0.39, 0.29) is 16.3 Å². The fourth-order valence-electron chi connectivity index (χ4n) is 3.45. The molecule has 9 heteroatoms. The number of fused-ring (bicyclic) bond motifs is 1. The number of alkyl halides is 2. The number of hydrogen-bond acceptors (Lipinski definition) is 4. The normalized spacial score (nSPS) is 11.7. The molecular formula is C26H15F5N2OS. The Balaban J connectivity index is 1.39. The van der Waals surface area contributed by atoms with E-state index >= 15 is 0 Å². The first kappa shape index (κ1) is 22.9. The van der Waals surface area contributed by atoms with Gasteiger partial charge in [0.05, 0.1) is 10.2 Å². The van der Waals surface area contributed by atoms with Gasteiger partial charge in [0.25, 0.3) is 0 Å². The summed E-state index contributed by atoms with van der Waals surface area (Å²) in [5.41, 5.74) is 2.51. The largest absolute Gasteiger partial charge is 0.444 e. The van der Waals surface area contributed by atoms with Crippen LogP contribution in [0, 0.1) is 24.4 Å². The highest BCUT2D eigenvalue weighted by Gasteiger charge is 2.36. The van der Waals surface area contributed by atoms with E-state index in [0.29, 0.717) is 15.8 Å². The number of pyridine rings is 1. The third kappa shape index (κ3) is 4.59. The number of nitrogens with zero attached hydrogens (tertiary/aromatic N) is 2. The van der Waals surface area contributed by atoms with Crippen molar-refractivity contribution in [2.75, 3.05) is 0 Å². The van der Waals surface area contributed by atoms with Crippen molar-refractivity contribution < 1.29 is 26.7 Å². The second kappa shape index (κ2) is 8.74. The van der Waals surface area contributed by atoms with Gasteiger partial charge in [-0.3, -0.25) is 4.98 Å². The number of aryl methyl sites for hydroxylation is 1. The van der Waals surface area contributed by atoms with Gasteiger partial charge in [-0.25, -0.2) is 18.2 Å². The molecule has 5 aromatic rings. The zero-order valence-electron chi connectivity index (χ0n) is 18.0. The summed E-state index contributed by atoms with van der Waals surface area (Å²) in [5, 5.41) is 0.204. The smallest absolute Gasteiger partial charge is 0.428 e. The van der Waals surface area contributed by atoms with Gasteiger partial charge in [-0.15, -0.1) is 11.3 Å². The lowest BCUT2D eigenvalue weighted by Crippen LogP contribution is -2.23. The van der Waals surface area contributed by atoms with Gasteiger partial charge in [-0.05, 0) is 48.9 Å². The van der Waals surface area contributed by atoms with Crippen LogP contribution in [0.2, 0.25) is 0 Å². The fourth-order valence-corrected chi connectivity index (χ4v) is 4.44. The number of halogens is 5. The van der Waals surface area contributed by atoms with E-state index in [9.17, 15) is 22.0 Å². The van der Waals surface area contributed by atoms with Crippen molar-refractivity contribution in [1.82, 2.24) is 9.97 Å². The number of thiazole rings is 1. The standard InChI is InChI=1S/C26H15F5N2OS/c1-14-2-4-15(5-3-14)16-6-9-23(32-13-16)26(30,31)34-18-7-8-21-22(12-18)35-25(33-21)17-10-19(27)24(29)20(28)11-17/h2-13H,1H3. The predicted octanol–water partition coefficient (Wildman–Crippen LogP) is 7.88. The molecule has 0 aliphatic rings. The fraction of sp³-hybridized carbons (Fsp3) is 0.0769. The van der Waals surface area contributed by atoms with Gasteiger partial charge in [-0.1, -0.05) is 35.9 Å². The number of rotatable bonds is 5. The molecule has 3 nitrogen and oxygen atoms in total. The van der Waals surface area contributed by atoms with Gasteiger partial charge in [-0.2, -0.15) is 8.78 Å². The first-order valence-corrected chi connectivity index (χ1v) is 11.2. The summed E-state index contributed by atoms with van der Waals surface area (Å²) in [6.45, 7) is 1.95. The van der Waals surface area contributed by atoms with Crippen molar-refractivity contribution in [3.05, 3.63) is 102 Å². The summed E-state index contributed by atoms with van der Waals surface area (Å²) in [5.74, 6) is -4.40. The zero-order chi connectivity index (χ0) is 24.7. The molecule has 3 aromatic carbocycles. The minimum absolute atomic E-state index is 0.0354. The Morgan fingerprint density at radius 2 is 1.49 bits per heavy atom. The SMILES string of the molecule is Cc1ccc(-c2ccc(C(F)(F)Oc3ccc4nc(-c5cc(F)c(F)c(F)c5)sc4c3)nc2)cc1. The van der Waals surface area contributed by atoms with Crippen molar-refractivity contribution >= 4 is 21.6 Å². The highest BCUT2D eigenvalue weighted by atomic mass is 32.1. The molecule has 0 N–H and O–H groups in total. The van der Waals surface area contributed by atoms with Crippen LogP contribution in [0.1, 0.15) is 11.3 Å². The minimum atomic E-state index is -3.71. The van der Waals surface area contributed by atoms with Gasteiger partial charge < -0.3 is 4.74 Å². The molecule has 176 valence electrons. The van der Waals surface area contributed by atoms with Crippen LogP contribution in [0.5, 0.6) is 5.75 Å². The Hall–Kier alpha value is -3.85. The maximum atomic E-state index is 14.8. The van der Waals surface area contributed by atoms with Crippen molar-refractivity contribution in [3.8, 4) is 27.4 Å². The average Bonchev–Trinajstić information content (AvgIpc) is 3.26. The van der Waals surface area contributed by atoms with Crippen molar-refractivity contribution in [2.24, 2.45) is 0 Å². The van der Waals surface area contributed by atoms with Crippen LogP contribution < -0.4 is 4.74 Å². The molecule has 2 aromatic heterocycles. The first-order chi connectivity index (χ1) is 16.7. The number of aromatic nitrogens is 2. The van der Waals surface area contributed by atoms with Gasteiger partial charge in [0, 0.05) is 17.3 Å². The molecule has 0 fully saturated rings. The van der Waals surface area contributed by atoms with Crippen LogP contribution in [-0.2, 0) is 6.11 Å². The van der Waals surface area contributed by atoms with Crippen LogP contribution >= 0.6 is 11.3 Å². The van der Waals surface area contributed by atoms with Crippen LogP contribution in [0.4, 0.5) is 22.0 Å². The Labute approximate surface area is 200 Å². The number of hydrogen-bond donors (Lipinski definition) is 0. The van der Waals surface area contributed by atoms with Crippen molar-refractivity contribution in [1.29, 1.82) is 0 Å². The molecule has 5 rings (SSSR count). The summed E-state index contributed by atoms with van der Waals surface area (Å²) in [4.78, 5) is 8.13. The average molecular weight is 498 g/mol. The third-order valence-corrected chi connectivity index (χ3v) is 6.35. The lowest BCUT2D eigenvalue weighted by Gasteiger charge is -2.17. The van der Waals surface area contributed by atoms with Gasteiger partial charge >= 0.3 is 6.11 Å². The van der Waals surface area contributed by atoms with Crippen LogP contribution in [0.3, 0.4) is 0 Å². The number of ether oxygens (including phenoxy) is 1. The molecule has 35 heavy (non-hydrogen) atoms. The summed E-state index contributed by atoms with van der Waals surface area (Å²) < 4.78 is 75.4. The van der Waals surface area contributed by atoms with E-state index in [0.717, 1.165) is 34.6 Å². The molecule has 0 radical (unpaired) electrons. The van der Waals surface area contributed by atoms with Crippen LogP contribution in [0.25, 0.3) is 31.9 Å². The van der Waals surface area contributed by atoms with E-state index in [1.165, 1.54) is 30.5 Å². The lowest BCUT2D eigenvalue weighted by molar-refractivity contribution is -0.188. The van der Waals surface area contributed by atoms with Gasteiger partial charge in [0.2, 0.25) is 0 Å². The maximum absolute atomic E-state index is 14.8. The van der Waals surface area contributed by atoms with Crippen molar-refractivity contribution in [2.45, 2.75) is 13.0 Å². The monoisotopic (exact) mass is 498 g/mol. The molecular weight excluding hydrogens is 483 g/mol. The van der Waals surface area contributed by atoms with Gasteiger partial charge in [0.1, 0.15) is 10.8 Å². The Morgan fingerprint density at radius 1 is 0.800 bits per heavy atom. The predicted molar refractivity (Wildman–Crippen MR) is 124 cm³/mol. The van der Waals surface area contributed by atoms with E-state index in [2.05, 4.69) is 9.97 Å². The van der Waals surface area contributed by atoms with Crippen LogP contribution in [-0.4, -0.2) is 9.97 Å². The molecule has 0 unspecified atom stereocenters. The molecule has 0 amide bonds. The molecule has 0 spiro atoms. The summed E-state index contributed by atoms with van der Waals surface area (Å²) >= 11 is 1.00. The van der Waals surface area contributed by atoms with Crippen LogP contribution in [0.15, 0.2) is 72.9 Å². The molecule has 0 saturated carbocycles. The van der Waals surface area contributed by atoms with E-state index in [1.807, 2.05) is 31.2 Å². The zero-order valence-corrected chi connectivity index (χ0v) is 18.8. The summed E-state index contributed by atoms with van der Waals surface area (Å²) in [6, 6.07) is 16.1. The second-order valence-corrected chi connectivity index (χ2v) is 8.85. The Bertz CT molecular complexity index is 1510. The molecule has 0 aliphatic carbocycles. The topological polar surface area (TPSA) is 35.0 Å². The highest BCUT2D eigenvalue weighted by Crippen LogP contribution is 2.36. The third-order valence-electron chi connectivity index (χ3n) is 5.28. The van der Waals surface area contributed by atoms with Crippen molar-refractivity contribution in [3.63, 3.8) is 0 Å². The quantitative estimate of drug-likeness (QED) is 0.183. The minimum Gasteiger partial charge on any atom is -0.428 e. The van der Waals surface area contributed by atoms with Gasteiger partial charge in [0.15, 0.2) is 23.1 Å². The molecule has 0 bridgehead atoms. The number of benzene rings is 3. The summed E-state index contributed by atoms with van der Waals surface area (Å²) in [6.07, 6.45) is -2.35. The molecule has 0 aliphatic heterocycles. The van der Waals surface area contributed by atoms with E-state index in [4.69, 9.17) is 4.74 Å². The maximum Gasteiger partial charge on any atom is 0.444 e. The Kier molecular flexibility index (Phi) is 5.72. The first-order valence-electron chi connectivity index (χ1n) is 10.4. The molecule has 0 atom stereocenters. The van der Waals surface area contributed by atoms with E-state index < -0.39 is 29.3 Å². The second-order valence-electron chi connectivity index (χ2n) is 7.82. The Morgan fingerprint density at radius 3 is 2.14 bits per heavy atom. The summed E-state index contributed by atoms with van der Waals surface area (Å²) in [7, 11) is 0. The molecule has 2 heterocycles. The van der Waals surface area contributed by atoms with E-state index in [1.54, 1.807) is 6.07 Å².